The first-order chi connectivity index (χ1) is 13.0. The van der Waals surface area contributed by atoms with E-state index < -0.39 is 0 Å². The highest BCUT2D eigenvalue weighted by molar-refractivity contribution is 14.0. The average Bonchev–Trinajstić information content (AvgIpc) is 3.12. The monoisotopic (exact) mass is 521 g/mol. The Morgan fingerprint density at radius 2 is 2.11 bits per heavy atom. The molecule has 1 heterocycles. The molecule has 1 unspecified atom stereocenters. The highest BCUT2D eigenvalue weighted by atomic mass is 127. The Morgan fingerprint density at radius 3 is 2.75 bits per heavy atom. The van der Waals surface area contributed by atoms with Gasteiger partial charge in [0.2, 0.25) is 11.7 Å². The first kappa shape index (κ1) is 24.6. The van der Waals surface area contributed by atoms with E-state index in [4.69, 9.17) is 20.9 Å². The summed E-state index contributed by atoms with van der Waals surface area (Å²) in [4.78, 5) is 8.60. The van der Waals surface area contributed by atoms with E-state index >= 15 is 0 Å². The van der Waals surface area contributed by atoms with Crippen LogP contribution in [0.5, 0.6) is 0 Å². The largest absolute Gasteiger partial charge is 0.378 e. The summed E-state index contributed by atoms with van der Waals surface area (Å²) in [5.74, 6) is 2.14. The second-order valence-corrected chi connectivity index (χ2v) is 6.84. The van der Waals surface area contributed by atoms with Crippen LogP contribution < -0.4 is 10.6 Å². The van der Waals surface area contributed by atoms with Crippen molar-refractivity contribution in [3.05, 3.63) is 35.2 Å². The number of ether oxygens (including phenoxy) is 1. The van der Waals surface area contributed by atoms with Crippen molar-refractivity contribution in [2.75, 3.05) is 20.2 Å². The van der Waals surface area contributed by atoms with E-state index in [1.807, 2.05) is 19.1 Å². The van der Waals surface area contributed by atoms with Crippen molar-refractivity contribution < 1.29 is 9.26 Å². The summed E-state index contributed by atoms with van der Waals surface area (Å²) in [5, 5.41) is 11.1. The van der Waals surface area contributed by atoms with Gasteiger partial charge in [-0.05, 0) is 31.4 Å². The van der Waals surface area contributed by atoms with Gasteiger partial charge in [0.05, 0.1) is 12.6 Å². The van der Waals surface area contributed by atoms with Crippen molar-refractivity contribution in [2.24, 2.45) is 10.9 Å². The van der Waals surface area contributed by atoms with Crippen molar-refractivity contribution in [3.8, 4) is 11.4 Å². The zero-order valence-electron chi connectivity index (χ0n) is 16.7. The summed E-state index contributed by atoms with van der Waals surface area (Å²) in [6, 6.07) is 7.34. The molecule has 1 aromatic carbocycles. The third-order valence-corrected chi connectivity index (χ3v) is 4.26. The van der Waals surface area contributed by atoms with Crippen LogP contribution in [-0.2, 0) is 11.3 Å². The highest BCUT2D eigenvalue weighted by Gasteiger charge is 2.13. The number of hydrogen-bond donors (Lipinski definition) is 2. The minimum absolute atomic E-state index is 0. The zero-order valence-corrected chi connectivity index (χ0v) is 19.8. The highest BCUT2D eigenvalue weighted by Crippen LogP contribution is 2.19. The average molecular weight is 522 g/mol. The number of guanidine groups is 1. The van der Waals surface area contributed by atoms with Crippen molar-refractivity contribution in [1.29, 1.82) is 0 Å². The molecule has 9 heteroatoms. The number of nitrogens with zero attached hydrogens (tertiary/aromatic N) is 3. The lowest BCUT2D eigenvalue weighted by molar-refractivity contribution is 0.0258. The van der Waals surface area contributed by atoms with Crippen LogP contribution in [-0.4, -0.2) is 42.4 Å². The second kappa shape index (κ2) is 12.9. The number of aliphatic imine (C=N–C) groups is 1. The summed E-state index contributed by atoms with van der Waals surface area (Å²) >= 11 is 6.00. The van der Waals surface area contributed by atoms with Crippen LogP contribution in [0.1, 0.15) is 33.1 Å². The van der Waals surface area contributed by atoms with Gasteiger partial charge in [0.25, 0.3) is 0 Å². The number of hydrogen-bond acceptors (Lipinski definition) is 5. The molecule has 0 aliphatic rings. The van der Waals surface area contributed by atoms with E-state index in [1.54, 1.807) is 19.2 Å². The van der Waals surface area contributed by atoms with Gasteiger partial charge in [0, 0.05) is 30.8 Å². The number of aromatic nitrogens is 2. The van der Waals surface area contributed by atoms with E-state index in [0.717, 1.165) is 25.1 Å². The Morgan fingerprint density at radius 1 is 1.32 bits per heavy atom. The molecule has 1 atom stereocenters. The van der Waals surface area contributed by atoms with E-state index in [0.29, 0.717) is 35.2 Å². The van der Waals surface area contributed by atoms with E-state index in [-0.39, 0.29) is 30.1 Å². The van der Waals surface area contributed by atoms with Gasteiger partial charge >= 0.3 is 0 Å². The molecule has 2 N–H and O–H groups in total. The topological polar surface area (TPSA) is 84.6 Å². The molecule has 1 aromatic heterocycles. The molecule has 0 spiro atoms. The van der Waals surface area contributed by atoms with Crippen LogP contribution >= 0.6 is 35.6 Å². The third-order valence-electron chi connectivity index (χ3n) is 4.03. The van der Waals surface area contributed by atoms with Gasteiger partial charge in [0.1, 0.15) is 0 Å². The van der Waals surface area contributed by atoms with Crippen LogP contribution in [0.15, 0.2) is 33.8 Å². The maximum atomic E-state index is 6.00. The fraction of sp³-hybridized carbons (Fsp3) is 0.526. The van der Waals surface area contributed by atoms with E-state index in [1.165, 1.54) is 0 Å². The normalized spacial score (nSPS) is 12.6. The molecule has 0 aliphatic carbocycles. The molecular formula is C19H29ClIN5O2. The molecular weight excluding hydrogens is 493 g/mol. The van der Waals surface area contributed by atoms with Gasteiger partial charge in [-0.1, -0.05) is 42.7 Å². The molecule has 2 aromatic rings. The fourth-order valence-electron chi connectivity index (χ4n) is 2.61. The molecule has 0 saturated carbocycles. The third kappa shape index (κ3) is 7.92. The summed E-state index contributed by atoms with van der Waals surface area (Å²) in [6.45, 7) is 8.22. The Bertz CT molecular complexity index is 739. The second-order valence-electron chi connectivity index (χ2n) is 6.40. The Balaban J connectivity index is 0.00000392. The number of benzene rings is 1. The predicted octanol–water partition coefficient (Wildman–Crippen LogP) is 4.12. The number of nitrogens with one attached hydrogen (secondary N) is 2. The standard InChI is InChI=1S/C19H28ClN5O2.HI/c1-5-26-16(13(2)3)9-10-22-19(21-4)23-12-17-24-18(25-27-17)14-7-6-8-15(20)11-14;/h6-8,11,13,16H,5,9-10,12H2,1-4H3,(H2,21,22,23);1H. The van der Waals surface area contributed by atoms with Crippen LogP contribution in [0.25, 0.3) is 11.4 Å². The molecule has 0 bridgehead atoms. The first-order valence-corrected chi connectivity index (χ1v) is 9.56. The SMILES string of the molecule is CCOC(CCNC(=NC)NCc1nc(-c2cccc(Cl)c2)no1)C(C)C.I. The Hall–Kier alpha value is -1.39. The zero-order chi connectivity index (χ0) is 19.6. The number of halogens is 2. The van der Waals surface area contributed by atoms with Crippen molar-refractivity contribution in [3.63, 3.8) is 0 Å². The van der Waals surface area contributed by atoms with Crippen LogP contribution in [0.3, 0.4) is 0 Å². The minimum atomic E-state index is 0. The Kier molecular flexibility index (Phi) is 11.4. The van der Waals surface area contributed by atoms with E-state index in [9.17, 15) is 0 Å². The van der Waals surface area contributed by atoms with Crippen LogP contribution in [0, 0.1) is 5.92 Å². The van der Waals surface area contributed by atoms with Gasteiger partial charge in [-0.2, -0.15) is 4.98 Å². The molecule has 0 amide bonds. The van der Waals surface area contributed by atoms with Crippen LogP contribution in [0.2, 0.25) is 5.02 Å². The molecule has 0 radical (unpaired) electrons. The Labute approximate surface area is 188 Å². The van der Waals surface area contributed by atoms with Crippen molar-refractivity contribution >= 4 is 41.5 Å². The quantitative estimate of drug-likeness (QED) is 0.293. The lowest BCUT2D eigenvalue weighted by atomic mass is 10.0. The predicted molar refractivity (Wildman–Crippen MR) is 123 cm³/mol. The van der Waals surface area contributed by atoms with Gasteiger partial charge in [-0.15, -0.1) is 24.0 Å². The fourth-order valence-corrected chi connectivity index (χ4v) is 2.80. The maximum absolute atomic E-state index is 6.00. The molecule has 156 valence electrons. The minimum Gasteiger partial charge on any atom is -0.378 e. The van der Waals surface area contributed by atoms with Gasteiger partial charge < -0.3 is 19.9 Å². The summed E-state index contributed by atoms with van der Waals surface area (Å²) in [6.07, 6.45) is 1.14. The number of rotatable bonds is 9. The molecule has 0 aliphatic heterocycles. The maximum Gasteiger partial charge on any atom is 0.246 e. The summed E-state index contributed by atoms with van der Waals surface area (Å²) < 4.78 is 11.0. The molecule has 0 fully saturated rings. The lowest BCUT2D eigenvalue weighted by Crippen LogP contribution is -2.39. The first-order valence-electron chi connectivity index (χ1n) is 9.18. The molecule has 28 heavy (non-hydrogen) atoms. The smallest absolute Gasteiger partial charge is 0.246 e. The summed E-state index contributed by atoms with van der Waals surface area (Å²) in [5.41, 5.74) is 0.815. The lowest BCUT2D eigenvalue weighted by Gasteiger charge is -2.21. The molecule has 7 nitrogen and oxygen atoms in total. The van der Waals surface area contributed by atoms with Crippen molar-refractivity contribution in [2.45, 2.75) is 39.8 Å². The van der Waals surface area contributed by atoms with Gasteiger partial charge in [0.15, 0.2) is 5.96 Å². The van der Waals surface area contributed by atoms with Gasteiger partial charge in [-0.25, -0.2) is 0 Å². The van der Waals surface area contributed by atoms with Crippen LogP contribution in [0.4, 0.5) is 0 Å². The summed E-state index contributed by atoms with van der Waals surface area (Å²) in [7, 11) is 1.73. The van der Waals surface area contributed by atoms with Crippen molar-refractivity contribution in [1.82, 2.24) is 20.8 Å². The van der Waals surface area contributed by atoms with Gasteiger partial charge in [-0.3, -0.25) is 4.99 Å². The molecule has 2 rings (SSSR count). The molecule has 0 saturated heterocycles. The van der Waals surface area contributed by atoms with E-state index in [2.05, 4.69) is 39.6 Å².